The van der Waals surface area contributed by atoms with Crippen molar-refractivity contribution in [3.63, 3.8) is 0 Å². The highest BCUT2D eigenvalue weighted by molar-refractivity contribution is 9.12. The predicted octanol–water partition coefficient (Wildman–Crippen LogP) is 5.76. The fraction of sp³-hybridized carbons (Fsp3) is 0.312. The van der Waals surface area contributed by atoms with Gasteiger partial charge in [-0.1, -0.05) is 31.5 Å². The monoisotopic (exact) mass is 429 g/mol. The van der Waals surface area contributed by atoms with Crippen molar-refractivity contribution >= 4 is 54.7 Å². The molecule has 1 aromatic heterocycles. The molecule has 0 aliphatic heterocycles. The second-order valence-electron chi connectivity index (χ2n) is 4.77. The van der Waals surface area contributed by atoms with Crippen LogP contribution in [0.5, 0.6) is 0 Å². The van der Waals surface area contributed by atoms with E-state index in [4.69, 9.17) is 0 Å². The van der Waals surface area contributed by atoms with Crippen LogP contribution >= 0.6 is 43.2 Å². The molecule has 2 rings (SSSR count). The average molecular weight is 431 g/mol. The van der Waals surface area contributed by atoms with E-state index in [-0.39, 0.29) is 5.78 Å². The van der Waals surface area contributed by atoms with E-state index in [1.807, 2.05) is 24.3 Å². The molecule has 0 fully saturated rings. The molecule has 0 spiro atoms. The summed E-state index contributed by atoms with van der Waals surface area (Å²) in [6, 6.07) is 12.0. The SMILES string of the molecule is CCCCN(CC(=O)c1cc(Br)sc1Br)c1ccccc1. The molecule has 21 heavy (non-hydrogen) atoms. The highest BCUT2D eigenvalue weighted by Gasteiger charge is 2.17. The molecule has 0 aliphatic rings. The van der Waals surface area contributed by atoms with Crippen LogP contribution in [0.25, 0.3) is 0 Å². The summed E-state index contributed by atoms with van der Waals surface area (Å²) in [4.78, 5) is 14.7. The van der Waals surface area contributed by atoms with Crippen LogP contribution in [0.1, 0.15) is 30.1 Å². The summed E-state index contributed by atoms with van der Waals surface area (Å²) in [5, 5.41) is 0. The molecule has 2 aromatic rings. The molecule has 0 saturated heterocycles. The quantitative estimate of drug-likeness (QED) is 0.520. The third-order valence-electron chi connectivity index (χ3n) is 3.19. The Hall–Kier alpha value is -0.650. The Morgan fingerprint density at radius 1 is 1.24 bits per heavy atom. The molecule has 112 valence electrons. The fourth-order valence-electron chi connectivity index (χ4n) is 2.08. The molecule has 0 unspecified atom stereocenters. The molecule has 0 amide bonds. The predicted molar refractivity (Wildman–Crippen MR) is 97.6 cm³/mol. The molecule has 2 nitrogen and oxygen atoms in total. The Morgan fingerprint density at radius 3 is 2.52 bits per heavy atom. The molecule has 0 N–H and O–H groups in total. The number of unbranched alkanes of at least 4 members (excludes halogenated alkanes) is 1. The van der Waals surface area contributed by atoms with Crippen molar-refractivity contribution in [2.75, 3.05) is 18.0 Å². The Labute approximate surface area is 146 Å². The van der Waals surface area contributed by atoms with E-state index in [0.29, 0.717) is 6.54 Å². The van der Waals surface area contributed by atoms with Gasteiger partial charge in [-0.15, -0.1) is 11.3 Å². The zero-order valence-electron chi connectivity index (χ0n) is 11.8. The number of thiophene rings is 1. The van der Waals surface area contributed by atoms with E-state index in [9.17, 15) is 4.79 Å². The summed E-state index contributed by atoms with van der Waals surface area (Å²) < 4.78 is 1.86. The highest BCUT2D eigenvalue weighted by Crippen LogP contribution is 2.32. The van der Waals surface area contributed by atoms with Gasteiger partial charge in [0.1, 0.15) is 0 Å². The molecule has 0 atom stereocenters. The van der Waals surface area contributed by atoms with Crippen LogP contribution in [0.4, 0.5) is 5.69 Å². The van der Waals surface area contributed by atoms with Gasteiger partial charge < -0.3 is 4.90 Å². The molecular formula is C16H17Br2NOS. The highest BCUT2D eigenvalue weighted by atomic mass is 79.9. The van der Waals surface area contributed by atoms with Crippen LogP contribution in [-0.2, 0) is 0 Å². The van der Waals surface area contributed by atoms with Crippen molar-refractivity contribution < 1.29 is 4.79 Å². The lowest BCUT2D eigenvalue weighted by Crippen LogP contribution is -2.30. The number of ketones is 1. The number of hydrogen-bond acceptors (Lipinski definition) is 3. The second-order valence-corrected chi connectivity index (χ2v) is 8.52. The topological polar surface area (TPSA) is 20.3 Å². The Kier molecular flexibility index (Phi) is 6.45. The normalized spacial score (nSPS) is 10.6. The van der Waals surface area contributed by atoms with Crippen LogP contribution in [0, 0.1) is 0 Å². The van der Waals surface area contributed by atoms with Gasteiger partial charge in [0.15, 0.2) is 5.78 Å². The van der Waals surface area contributed by atoms with Crippen LogP contribution in [0.2, 0.25) is 0 Å². The molecular weight excluding hydrogens is 414 g/mol. The molecule has 1 aromatic carbocycles. The Balaban J connectivity index is 2.15. The number of halogens is 2. The van der Waals surface area contributed by atoms with Gasteiger partial charge in [0.05, 0.1) is 14.1 Å². The minimum atomic E-state index is 0.142. The summed E-state index contributed by atoms with van der Waals surface area (Å²) in [6.45, 7) is 3.47. The maximum Gasteiger partial charge on any atom is 0.184 e. The van der Waals surface area contributed by atoms with Gasteiger partial charge >= 0.3 is 0 Å². The zero-order valence-corrected chi connectivity index (χ0v) is 15.8. The summed E-state index contributed by atoms with van der Waals surface area (Å²) in [5.74, 6) is 0.142. The Bertz CT molecular complexity index is 598. The van der Waals surface area contributed by atoms with Crippen LogP contribution in [0.3, 0.4) is 0 Å². The maximum absolute atomic E-state index is 12.5. The number of Topliss-reactive ketones (excluding diaryl/α,β-unsaturated/α-hetero) is 1. The average Bonchev–Trinajstić information content (AvgIpc) is 2.83. The van der Waals surface area contributed by atoms with Gasteiger partial charge in [0.2, 0.25) is 0 Å². The first kappa shape index (κ1) is 16.7. The lowest BCUT2D eigenvalue weighted by molar-refractivity contribution is 0.0998. The zero-order chi connectivity index (χ0) is 15.2. The van der Waals surface area contributed by atoms with Crippen LogP contribution < -0.4 is 4.90 Å². The molecule has 1 heterocycles. The smallest absolute Gasteiger partial charge is 0.184 e. The van der Waals surface area contributed by atoms with E-state index >= 15 is 0 Å². The van der Waals surface area contributed by atoms with Gasteiger partial charge in [-0.05, 0) is 56.5 Å². The standard InChI is InChI=1S/C16H17Br2NOS/c1-2-3-9-19(12-7-5-4-6-8-12)11-14(20)13-10-15(17)21-16(13)18/h4-8,10H,2-3,9,11H2,1H3. The maximum atomic E-state index is 12.5. The molecule has 0 saturated carbocycles. The number of carbonyl (C=O) groups is 1. The van der Waals surface area contributed by atoms with Crippen molar-refractivity contribution in [3.8, 4) is 0 Å². The van der Waals surface area contributed by atoms with E-state index < -0.39 is 0 Å². The number of anilines is 1. The first-order valence-corrected chi connectivity index (χ1v) is 9.30. The molecule has 0 radical (unpaired) electrons. The van der Waals surface area contributed by atoms with Gasteiger partial charge in [0, 0.05) is 17.8 Å². The van der Waals surface area contributed by atoms with Gasteiger partial charge in [0.25, 0.3) is 0 Å². The largest absolute Gasteiger partial charge is 0.364 e. The first-order chi connectivity index (χ1) is 10.1. The number of nitrogens with zero attached hydrogens (tertiary/aromatic N) is 1. The lowest BCUT2D eigenvalue weighted by Gasteiger charge is -2.24. The minimum Gasteiger partial charge on any atom is -0.364 e. The third-order valence-corrected chi connectivity index (χ3v) is 5.53. The van der Waals surface area contributed by atoms with Crippen molar-refractivity contribution in [1.29, 1.82) is 0 Å². The van der Waals surface area contributed by atoms with Gasteiger partial charge in [-0.2, -0.15) is 0 Å². The number of carbonyl (C=O) groups excluding carboxylic acids is 1. The molecule has 0 aliphatic carbocycles. The summed E-state index contributed by atoms with van der Waals surface area (Å²) in [7, 11) is 0. The number of para-hydroxylation sites is 1. The minimum absolute atomic E-state index is 0.142. The van der Waals surface area contributed by atoms with E-state index in [2.05, 4.69) is 55.8 Å². The van der Waals surface area contributed by atoms with Crippen LogP contribution in [0.15, 0.2) is 44.0 Å². The fourth-order valence-corrected chi connectivity index (χ4v) is 4.93. The summed E-state index contributed by atoms with van der Waals surface area (Å²) >= 11 is 8.43. The van der Waals surface area contributed by atoms with Crippen LogP contribution in [-0.4, -0.2) is 18.9 Å². The van der Waals surface area contributed by atoms with Gasteiger partial charge in [-0.25, -0.2) is 0 Å². The van der Waals surface area contributed by atoms with E-state index in [1.165, 1.54) is 11.3 Å². The number of rotatable bonds is 7. The number of benzene rings is 1. The van der Waals surface area contributed by atoms with Crippen molar-refractivity contribution in [3.05, 3.63) is 49.5 Å². The second kappa shape index (κ2) is 8.11. The molecule has 5 heteroatoms. The Morgan fingerprint density at radius 2 is 1.95 bits per heavy atom. The summed E-state index contributed by atoms with van der Waals surface area (Å²) in [5.41, 5.74) is 1.86. The van der Waals surface area contributed by atoms with Gasteiger partial charge in [-0.3, -0.25) is 4.79 Å². The van der Waals surface area contributed by atoms with Crippen molar-refractivity contribution in [2.45, 2.75) is 19.8 Å². The molecule has 0 bridgehead atoms. The first-order valence-electron chi connectivity index (χ1n) is 6.90. The van der Waals surface area contributed by atoms with Crippen molar-refractivity contribution in [2.24, 2.45) is 0 Å². The lowest BCUT2D eigenvalue weighted by atomic mass is 10.2. The van der Waals surface area contributed by atoms with E-state index in [0.717, 1.165) is 38.2 Å². The number of hydrogen-bond donors (Lipinski definition) is 0. The summed E-state index contributed by atoms with van der Waals surface area (Å²) in [6.07, 6.45) is 2.20. The third kappa shape index (κ3) is 4.66. The van der Waals surface area contributed by atoms with E-state index in [1.54, 1.807) is 0 Å². The van der Waals surface area contributed by atoms with Crippen molar-refractivity contribution in [1.82, 2.24) is 0 Å².